The van der Waals surface area contributed by atoms with Gasteiger partial charge >= 0.3 is 0 Å². The SMILES string of the molecule is N#CCc1c(-c2ccccc2)nc2ccc(Cl)cn12. The Labute approximate surface area is 115 Å². The predicted molar refractivity (Wildman–Crippen MR) is 75.0 cm³/mol. The average molecular weight is 268 g/mol. The van der Waals surface area contributed by atoms with E-state index < -0.39 is 0 Å². The Morgan fingerprint density at radius 3 is 2.68 bits per heavy atom. The van der Waals surface area contributed by atoms with Gasteiger partial charge in [-0.1, -0.05) is 41.9 Å². The van der Waals surface area contributed by atoms with Crippen molar-refractivity contribution in [3.8, 4) is 17.3 Å². The number of nitriles is 1. The minimum atomic E-state index is 0.297. The first-order valence-corrected chi connectivity index (χ1v) is 6.26. The number of hydrogen-bond acceptors (Lipinski definition) is 2. The topological polar surface area (TPSA) is 41.1 Å². The van der Waals surface area contributed by atoms with Crippen molar-refractivity contribution in [2.75, 3.05) is 0 Å². The van der Waals surface area contributed by atoms with Gasteiger partial charge in [-0.15, -0.1) is 0 Å². The van der Waals surface area contributed by atoms with Crippen molar-refractivity contribution in [1.29, 1.82) is 5.26 Å². The largest absolute Gasteiger partial charge is 0.301 e. The van der Waals surface area contributed by atoms with Crippen molar-refractivity contribution in [2.24, 2.45) is 0 Å². The van der Waals surface area contributed by atoms with Crippen LogP contribution in [0.3, 0.4) is 0 Å². The second-order valence-corrected chi connectivity index (χ2v) is 4.62. The van der Waals surface area contributed by atoms with Crippen LogP contribution in [0.1, 0.15) is 5.69 Å². The first-order valence-electron chi connectivity index (χ1n) is 5.88. The third kappa shape index (κ3) is 2.07. The zero-order valence-corrected chi connectivity index (χ0v) is 10.8. The lowest BCUT2D eigenvalue weighted by Gasteiger charge is -2.01. The van der Waals surface area contributed by atoms with Crippen LogP contribution in [-0.4, -0.2) is 9.38 Å². The normalized spacial score (nSPS) is 10.5. The molecule has 0 unspecified atom stereocenters. The Morgan fingerprint density at radius 1 is 1.16 bits per heavy atom. The van der Waals surface area contributed by atoms with Crippen LogP contribution in [0, 0.1) is 11.3 Å². The van der Waals surface area contributed by atoms with Crippen LogP contribution < -0.4 is 0 Å². The Balaban J connectivity index is 2.30. The number of rotatable bonds is 2. The fourth-order valence-corrected chi connectivity index (χ4v) is 2.30. The Kier molecular flexibility index (Phi) is 2.94. The number of pyridine rings is 1. The molecule has 2 aromatic heterocycles. The fraction of sp³-hybridized carbons (Fsp3) is 0.0667. The van der Waals surface area contributed by atoms with Gasteiger partial charge in [0.1, 0.15) is 5.65 Å². The monoisotopic (exact) mass is 267 g/mol. The third-order valence-corrected chi connectivity index (χ3v) is 3.20. The number of imidazole rings is 1. The van der Waals surface area contributed by atoms with Gasteiger partial charge in [0, 0.05) is 11.8 Å². The molecule has 3 nitrogen and oxygen atoms in total. The van der Waals surface area contributed by atoms with Gasteiger partial charge in [-0.05, 0) is 12.1 Å². The quantitative estimate of drug-likeness (QED) is 0.710. The molecule has 3 aromatic rings. The van der Waals surface area contributed by atoms with E-state index in [1.165, 1.54) is 0 Å². The number of nitrogens with zero attached hydrogens (tertiary/aromatic N) is 3. The van der Waals surface area contributed by atoms with Crippen LogP contribution in [0.2, 0.25) is 5.02 Å². The molecule has 0 aliphatic carbocycles. The molecule has 0 spiro atoms. The number of halogens is 1. The van der Waals surface area contributed by atoms with Crippen molar-refractivity contribution in [3.63, 3.8) is 0 Å². The predicted octanol–water partition coefficient (Wildman–Crippen LogP) is 3.72. The number of aromatic nitrogens is 2. The van der Waals surface area contributed by atoms with Crippen LogP contribution in [0.25, 0.3) is 16.9 Å². The summed E-state index contributed by atoms with van der Waals surface area (Å²) in [7, 11) is 0. The highest BCUT2D eigenvalue weighted by atomic mass is 35.5. The molecule has 0 bridgehead atoms. The maximum Gasteiger partial charge on any atom is 0.137 e. The molecule has 0 saturated carbocycles. The first-order chi connectivity index (χ1) is 9.29. The van der Waals surface area contributed by atoms with E-state index in [9.17, 15) is 0 Å². The van der Waals surface area contributed by atoms with Crippen LogP contribution in [0.4, 0.5) is 0 Å². The summed E-state index contributed by atoms with van der Waals surface area (Å²) in [6.07, 6.45) is 2.09. The molecule has 4 heteroatoms. The molecule has 0 radical (unpaired) electrons. The van der Waals surface area contributed by atoms with Crippen molar-refractivity contribution < 1.29 is 0 Å². The highest BCUT2D eigenvalue weighted by Gasteiger charge is 2.13. The minimum Gasteiger partial charge on any atom is -0.301 e. The molecule has 2 heterocycles. The molecule has 92 valence electrons. The van der Waals surface area contributed by atoms with Crippen LogP contribution in [-0.2, 0) is 6.42 Å². The van der Waals surface area contributed by atoms with E-state index in [0.717, 1.165) is 22.6 Å². The molecule has 0 aliphatic rings. The van der Waals surface area contributed by atoms with Crippen molar-refractivity contribution >= 4 is 17.2 Å². The summed E-state index contributed by atoms with van der Waals surface area (Å²) in [5.41, 5.74) is 3.51. The Hall–Kier alpha value is -2.31. The lowest BCUT2D eigenvalue weighted by atomic mass is 10.1. The molecule has 3 rings (SSSR count). The van der Waals surface area contributed by atoms with Crippen LogP contribution in [0.5, 0.6) is 0 Å². The Morgan fingerprint density at radius 2 is 1.95 bits per heavy atom. The average Bonchev–Trinajstić information content (AvgIpc) is 2.79. The van der Waals surface area contributed by atoms with E-state index in [-0.39, 0.29) is 0 Å². The van der Waals surface area contributed by atoms with E-state index in [1.807, 2.05) is 40.8 Å². The van der Waals surface area contributed by atoms with Crippen molar-refractivity contribution in [1.82, 2.24) is 9.38 Å². The van der Waals surface area contributed by atoms with Crippen molar-refractivity contribution in [3.05, 3.63) is 59.4 Å². The molecule has 0 fully saturated rings. The van der Waals surface area contributed by atoms with E-state index >= 15 is 0 Å². The molecule has 0 N–H and O–H groups in total. The number of hydrogen-bond donors (Lipinski definition) is 0. The zero-order chi connectivity index (χ0) is 13.2. The van der Waals surface area contributed by atoms with Gasteiger partial charge in [-0.3, -0.25) is 0 Å². The molecule has 0 aliphatic heterocycles. The fourth-order valence-electron chi connectivity index (χ4n) is 2.14. The highest BCUT2D eigenvalue weighted by molar-refractivity contribution is 6.30. The lowest BCUT2D eigenvalue weighted by Crippen LogP contribution is -1.93. The van der Waals surface area contributed by atoms with Gasteiger partial charge in [0.15, 0.2) is 0 Å². The standard InChI is InChI=1S/C15H10ClN3/c16-12-6-7-14-18-15(11-4-2-1-3-5-11)13(8-9-17)19(14)10-12/h1-7,10H,8H2. The van der Waals surface area contributed by atoms with Gasteiger partial charge in [0.25, 0.3) is 0 Å². The van der Waals surface area contributed by atoms with E-state index in [1.54, 1.807) is 12.3 Å². The van der Waals surface area contributed by atoms with E-state index in [2.05, 4.69) is 11.1 Å². The van der Waals surface area contributed by atoms with Crippen molar-refractivity contribution in [2.45, 2.75) is 6.42 Å². The van der Waals surface area contributed by atoms with Gasteiger partial charge in [0.2, 0.25) is 0 Å². The molecule has 19 heavy (non-hydrogen) atoms. The molecule has 0 atom stereocenters. The second-order valence-electron chi connectivity index (χ2n) is 4.18. The molecule has 1 aromatic carbocycles. The highest BCUT2D eigenvalue weighted by Crippen LogP contribution is 2.25. The molecular formula is C15H10ClN3. The lowest BCUT2D eigenvalue weighted by molar-refractivity contribution is 1.06. The van der Waals surface area contributed by atoms with Gasteiger partial charge in [0.05, 0.1) is 28.9 Å². The van der Waals surface area contributed by atoms with E-state index in [0.29, 0.717) is 11.4 Å². The smallest absolute Gasteiger partial charge is 0.137 e. The Bertz CT molecular complexity index is 769. The van der Waals surface area contributed by atoms with Gasteiger partial charge < -0.3 is 4.40 Å². The summed E-state index contributed by atoms with van der Waals surface area (Å²) in [4.78, 5) is 4.60. The van der Waals surface area contributed by atoms with Gasteiger partial charge in [-0.25, -0.2) is 4.98 Å². The van der Waals surface area contributed by atoms with Crippen LogP contribution >= 0.6 is 11.6 Å². The van der Waals surface area contributed by atoms with Gasteiger partial charge in [-0.2, -0.15) is 5.26 Å². The summed E-state index contributed by atoms with van der Waals surface area (Å²) >= 11 is 6.01. The summed E-state index contributed by atoms with van der Waals surface area (Å²) < 4.78 is 1.88. The maximum atomic E-state index is 9.01. The molecular weight excluding hydrogens is 258 g/mol. The first kappa shape index (κ1) is 11.8. The summed E-state index contributed by atoms with van der Waals surface area (Å²) in [5, 5.41) is 9.64. The number of fused-ring (bicyclic) bond motifs is 1. The minimum absolute atomic E-state index is 0.297. The molecule has 0 amide bonds. The van der Waals surface area contributed by atoms with E-state index in [4.69, 9.17) is 16.9 Å². The van der Waals surface area contributed by atoms with Crippen LogP contribution in [0.15, 0.2) is 48.7 Å². The summed E-state index contributed by atoms with van der Waals surface area (Å²) in [6.45, 7) is 0. The number of benzene rings is 1. The molecule has 0 saturated heterocycles. The second kappa shape index (κ2) is 4.75. The summed E-state index contributed by atoms with van der Waals surface area (Å²) in [6, 6.07) is 15.7. The zero-order valence-electron chi connectivity index (χ0n) is 10.0. The maximum absolute atomic E-state index is 9.01. The summed E-state index contributed by atoms with van der Waals surface area (Å²) in [5.74, 6) is 0. The third-order valence-electron chi connectivity index (χ3n) is 2.98.